The van der Waals surface area contributed by atoms with Gasteiger partial charge < -0.3 is 15.3 Å². The molecule has 1 heterocycles. The van der Waals surface area contributed by atoms with Gasteiger partial charge in [0, 0.05) is 16.6 Å². The van der Waals surface area contributed by atoms with Gasteiger partial charge >= 0.3 is 5.97 Å². The summed E-state index contributed by atoms with van der Waals surface area (Å²) in [6, 6.07) is 6.11. The topological polar surface area (TPSA) is 86.7 Å². The number of carboxylic acid groups (broad SMARTS) is 1. The van der Waals surface area contributed by atoms with Crippen molar-refractivity contribution in [2.24, 2.45) is 11.8 Å². The summed E-state index contributed by atoms with van der Waals surface area (Å²) < 4.78 is 0.778. The van der Waals surface area contributed by atoms with E-state index in [9.17, 15) is 19.5 Å². The zero-order valence-electron chi connectivity index (χ0n) is 13.1. The van der Waals surface area contributed by atoms with Gasteiger partial charge in [0.05, 0.1) is 6.54 Å². The van der Waals surface area contributed by atoms with Crippen LogP contribution >= 0.6 is 15.9 Å². The van der Waals surface area contributed by atoms with Crippen LogP contribution in [0.3, 0.4) is 0 Å². The Labute approximate surface area is 148 Å². The second-order valence-corrected chi connectivity index (χ2v) is 7.29. The van der Waals surface area contributed by atoms with E-state index in [1.54, 1.807) is 18.2 Å². The molecule has 2 fully saturated rings. The Bertz CT molecular complexity index is 678. The van der Waals surface area contributed by atoms with Crippen molar-refractivity contribution in [3.8, 4) is 0 Å². The van der Waals surface area contributed by atoms with Crippen LogP contribution in [-0.2, 0) is 9.59 Å². The first kappa shape index (κ1) is 17.0. The Morgan fingerprint density at radius 1 is 1.29 bits per heavy atom. The van der Waals surface area contributed by atoms with Crippen LogP contribution in [0.25, 0.3) is 0 Å². The molecule has 0 bridgehead atoms. The Morgan fingerprint density at radius 3 is 2.79 bits per heavy atom. The second kappa shape index (κ2) is 6.93. The number of nitrogens with zero attached hydrogens (tertiary/aromatic N) is 1. The maximum atomic E-state index is 12.4. The normalized spacial score (nSPS) is 25.4. The number of amides is 2. The average Bonchev–Trinajstić information content (AvgIpc) is 3.12. The quantitative estimate of drug-likeness (QED) is 0.815. The lowest BCUT2D eigenvalue weighted by atomic mass is 9.94. The number of benzene rings is 1. The van der Waals surface area contributed by atoms with Crippen molar-refractivity contribution < 1.29 is 19.5 Å². The molecule has 2 N–H and O–H groups in total. The first-order valence-corrected chi connectivity index (χ1v) is 8.82. The molecule has 24 heavy (non-hydrogen) atoms. The molecule has 1 saturated heterocycles. The highest BCUT2D eigenvalue weighted by molar-refractivity contribution is 9.10. The zero-order valence-corrected chi connectivity index (χ0v) is 14.7. The van der Waals surface area contributed by atoms with Crippen LogP contribution in [0.15, 0.2) is 28.7 Å². The first-order chi connectivity index (χ1) is 11.5. The summed E-state index contributed by atoms with van der Waals surface area (Å²) in [6.07, 6.45) is 2.86. The number of carbonyl (C=O) groups excluding carboxylic acids is 2. The number of hydrogen-bond acceptors (Lipinski definition) is 3. The van der Waals surface area contributed by atoms with Gasteiger partial charge in [0.25, 0.3) is 5.91 Å². The molecular formula is C17H19BrN2O4. The van der Waals surface area contributed by atoms with Crippen LogP contribution in [-0.4, -0.2) is 46.9 Å². The van der Waals surface area contributed by atoms with Gasteiger partial charge in [0.15, 0.2) is 0 Å². The summed E-state index contributed by atoms with van der Waals surface area (Å²) in [4.78, 5) is 37.5. The molecule has 1 aliphatic carbocycles. The molecule has 3 unspecified atom stereocenters. The zero-order chi connectivity index (χ0) is 17.3. The molecular weight excluding hydrogens is 376 g/mol. The Morgan fingerprint density at radius 2 is 2.08 bits per heavy atom. The van der Waals surface area contributed by atoms with Crippen molar-refractivity contribution in [2.75, 3.05) is 13.1 Å². The Balaban J connectivity index is 1.62. The molecule has 1 saturated carbocycles. The number of carboxylic acids is 1. The fourth-order valence-electron chi connectivity index (χ4n) is 3.87. The third-order valence-corrected chi connectivity index (χ3v) is 5.44. The van der Waals surface area contributed by atoms with Gasteiger partial charge in [-0.15, -0.1) is 0 Å². The number of rotatable bonds is 4. The fourth-order valence-corrected chi connectivity index (χ4v) is 4.27. The molecule has 2 amide bonds. The van der Waals surface area contributed by atoms with E-state index in [0.717, 1.165) is 23.7 Å². The highest BCUT2D eigenvalue weighted by Gasteiger charge is 2.49. The van der Waals surface area contributed by atoms with Gasteiger partial charge in [-0.2, -0.15) is 0 Å². The lowest BCUT2D eigenvalue weighted by molar-refractivity contribution is -0.149. The third kappa shape index (κ3) is 3.31. The summed E-state index contributed by atoms with van der Waals surface area (Å²) in [6.45, 7) is 0.293. The molecule has 3 rings (SSSR count). The predicted octanol–water partition coefficient (Wildman–Crippen LogP) is 1.89. The number of fused-ring (bicyclic) bond motifs is 1. The Kier molecular flexibility index (Phi) is 4.89. The maximum Gasteiger partial charge on any atom is 0.326 e. The van der Waals surface area contributed by atoms with Crippen molar-refractivity contribution in [2.45, 2.75) is 25.3 Å². The third-order valence-electron chi connectivity index (χ3n) is 4.95. The number of carbonyl (C=O) groups is 3. The molecule has 0 aromatic heterocycles. The minimum Gasteiger partial charge on any atom is -0.480 e. The number of halogens is 1. The summed E-state index contributed by atoms with van der Waals surface area (Å²) in [5.41, 5.74) is 0.449. The van der Waals surface area contributed by atoms with E-state index >= 15 is 0 Å². The standard InChI is InChI=1S/C17H19BrN2O4/c18-12-5-1-3-10(7-12)16(22)19-8-14(21)20-9-11-4-2-6-13(11)15(20)17(23)24/h1,3,5,7,11,13,15H,2,4,6,8-9H2,(H,19,22)(H,23,24). The van der Waals surface area contributed by atoms with E-state index in [0.29, 0.717) is 12.1 Å². The van der Waals surface area contributed by atoms with Crippen LogP contribution in [0.1, 0.15) is 29.6 Å². The van der Waals surface area contributed by atoms with Gasteiger partial charge in [-0.3, -0.25) is 9.59 Å². The number of nitrogens with one attached hydrogen (secondary N) is 1. The van der Waals surface area contributed by atoms with E-state index in [1.807, 2.05) is 6.07 Å². The molecule has 3 atom stereocenters. The Hall–Kier alpha value is -1.89. The lowest BCUT2D eigenvalue weighted by Crippen LogP contribution is -2.47. The lowest BCUT2D eigenvalue weighted by Gasteiger charge is -2.24. The first-order valence-electron chi connectivity index (χ1n) is 8.03. The highest BCUT2D eigenvalue weighted by atomic mass is 79.9. The fraction of sp³-hybridized carbons (Fsp3) is 0.471. The van der Waals surface area contributed by atoms with Gasteiger partial charge in [-0.1, -0.05) is 28.4 Å². The summed E-state index contributed by atoms with van der Waals surface area (Å²) >= 11 is 3.30. The van der Waals surface area contributed by atoms with Gasteiger partial charge in [-0.25, -0.2) is 4.79 Å². The largest absolute Gasteiger partial charge is 0.480 e. The molecule has 128 valence electrons. The van der Waals surface area contributed by atoms with Crippen molar-refractivity contribution in [3.05, 3.63) is 34.3 Å². The van der Waals surface area contributed by atoms with Crippen molar-refractivity contribution in [1.29, 1.82) is 0 Å². The van der Waals surface area contributed by atoms with Crippen LogP contribution in [0.4, 0.5) is 0 Å². The molecule has 1 aliphatic heterocycles. The van der Waals surface area contributed by atoms with Crippen LogP contribution in [0.5, 0.6) is 0 Å². The van der Waals surface area contributed by atoms with Crippen molar-refractivity contribution >= 4 is 33.7 Å². The minimum absolute atomic E-state index is 0.0484. The molecule has 2 aliphatic rings. The summed E-state index contributed by atoms with van der Waals surface area (Å²) in [5, 5.41) is 12.1. The summed E-state index contributed by atoms with van der Waals surface area (Å²) in [5.74, 6) is -1.31. The molecule has 7 heteroatoms. The molecule has 6 nitrogen and oxygen atoms in total. The highest BCUT2D eigenvalue weighted by Crippen LogP contribution is 2.42. The summed E-state index contributed by atoms with van der Waals surface area (Å²) in [7, 11) is 0. The SMILES string of the molecule is O=C(NCC(=O)N1CC2CCCC2C1C(=O)O)c1cccc(Br)c1. The van der Waals surface area contributed by atoms with Crippen LogP contribution in [0.2, 0.25) is 0 Å². The van der Waals surface area contributed by atoms with Crippen LogP contribution < -0.4 is 5.32 Å². The molecule has 0 radical (unpaired) electrons. The smallest absolute Gasteiger partial charge is 0.326 e. The minimum atomic E-state index is -0.948. The molecule has 0 spiro atoms. The van der Waals surface area contributed by atoms with Crippen LogP contribution in [0, 0.1) is 11.8 Å². The second-order valence-electron chi connectivity index (χ2n) is 6.38. The van der Waals surface area contributed by atoms with Gasteiger partial charge in [0.2, 0.25) is 5.91 Å². The molecule has 1 aromatic rings. The van der Waals surface area contributed by atoms with E-state index in [-0.39, 0.29) is 30.2 Å². The van der Waals surface area contributed by atoms with E-state index in [2.05, 4.69) is 21.2 Å². The number of likely N-dealkylation sites (tertiary alicyclic amines) is 1. The van der Waals surface area contributed by atoms with Gasteiger partial charge in [0.1, 0.15) is 6.04 Å². The maximum absolute atomic E-state index is 12.4. The monoisotopic (exact) mass is 394 g/mol. The van der Waals surface area contributed by atoms with Crippen molar-refractivity contribution in [1.82, 2.24) is 10.2 Å². The van der Waals surface area contributed by atoms with Gasteiger partial charge in [-0.05, 0) is 42.9 Å². The number of aliphatic carboxylic acids is 1. The number of hydrogen-bond donors (Lipinski definition) is 2. The average molecular weight is 395 g/mol. The van der Waals surface area contributed by atoms with E-state index in [1.165, 1.54) is 4.90 Å². The predicted molar refractivity (Wildman–Crippen MR) is 90.4 cm³/mol. The molecule has 1 aromatic carbocycles. The van der Waals surface area contributed by atoms with E-state index < -0.39 is 12.0 Å². The van der Waals surface area contributed by atoms with E-state index in [4.69, 9.17) is 0 Å². The van der Waals surface area contributed by atoms with Crippen molar-refractivity contribution in [3.63, 3.8) is 0 Å².